The molecule has 0 bridgehead atoms. The van der Waals surface area contributed by atoms with Gasteiger partial charge < -0.3 is 15.0 Å². The van der Waals surface area contributed by atoms with Crippen LogP contribution in [0, 0.1) is 0 Å². The van der Waals surface area contributed by atoms with E-state index in [4.69, 9.17) is 4.74 Å². The van der Waals surface area contributed by atoms with Crippen molar-refractivity contribution in [2.45, 2.75) is 65.5 Å². The van der Waals surface area contributed by atoms with Gasteiger partial charge in [0, 0.05) is 18.5 Å². The molecule has 0 saturated carbocycles. The van der Waals surface area contributed by atoms with Crippen LogP contribution in [0.2, 0.25) is 0 Å². The average Bonchev–Trinajstić information content (AvgIpc) is 2.90. The third kappa shape index (κ3) is 4.47. The molecule has 128 valence electrons. The van der Waals surface area contributed by atoms with Crippen LogP contribution in [0.3, 0.4) is 0 Å². The number of anilines is 1. The molecule has 0 radical (unpaired) electrons. The minimum Gasteiger partial charge on any atom is -0.490 e. The summed E-state index contributed by atoms with van der Waals surface area (Å²) in [7, 11) is 0. The standard InChI is InChI=1S/C19H30N2O2/c1-5-8-9-17(21(6-2)7-3)19(22)20-16-10-11-18-15(13-16)12-14(4)23-18/h10-11,13-14,17H,5-9,12H2,1-4H3,(H,20,22)/p+1/t14-,17+/m0/s1. The van der Waals surface area contributed by atoms with E-state index in [1.54, 1.807) is 0 Å². The first-order chi connectivity index (χ1) is 11.1. The van der Waals surface area contributed by atoms with Crippen LogP contribution in [0.1, 0.15) is 52.5 Å². The molecular weight excluding hydrogens is 288 g/mol. The second-order valence-electron chi connectivity index (χ2n) is 6.50. The third-order valence-corrected chi connectivity index (χ3v) is 4.73. The predicted octanol–water partition coefficient (Wildman–Crippen LogP) is 2.43. The Bertz CT molecular complexity index is 526. The number of benzene rings is 1. The van der Waals surface area contributed by atoms with E-state index >= 15 is 0 Å². The largest absolute Gasteiger partial charge is 0.490 e. The van der Waals surface area contributed by atoms with Gasteiger partial charge in [0.1, 0.15) is 11.9 Å². The second kappa shape index (κ2) is 8.34. The Morgan fingerprint density at radius 2 is 2.09 bits per heavy atom. The van der Waals surface area contributed by atoms with Crippen LogP contribution in [0.4, 0.5) is 5.69 Å². The van der Waals surface area contributed by atoms with Gasteiger partial charge in [0.2, 0.25) is 0 Å². The molecule has 0 saturated heterocycles. The lowest BCUT2D eigenvalue weighted by Gasteiger charge is -2.25. The summed E-state index contributed by atoms with van der Waals surface area (Å²) in [6.07, 6.45) is 4.31. The molecule has 1 heterocycles. The van der Waals surface area contributed by atoms with Crippen molar-refractivity contribution in [3.63, 3.8) is 0 Å². The lowest BCUT2D eigenvalue weighted by atomic mass is 10.1. The lowest BCUT2D eigenvalue weighted by molar-refractivity contribution is -0.912. The van der Waals surface area contributed by atoms with Gasteiger partial charge in [-0.15, -0.1) is 0 Å². The molecule has 2 rings (SSSR count). The maximum atomic E-state index is 12.8. The summed E-state index contributed by atoms with van der Waals surface area (Å²) in [4.78, 5) is 14.1. The summed E-state index contributed by atoms with van der Waals surface area (Å²) >= 11 is 0. The highest BCUT2D eigenvalue weighted by atomic mass is 16.5. The summed E-state index contributed by atoms with van der Waals surface area (Å²) in [5.74, 6) is 1.09. The Hall–Kier alpha value is -1.55. The molecule has 1 aliphatic heterocycles. The van der Waals surface area contributed by atoms with E-state index in [-0.39, 0.29) is 18.1 Å². The first kappa shape index (κ1) is 17.8. The fourth-order valence-electron chi connectivity index (χ4n) is 3.40. The Kier molecular flexibility index (Phi) is 6.46. The highest BCUT2D eigenvalue weighted by Crippen LogP contribution is 2.30. The summed E-state index contributed by atoms with van der Waals surface area (Å²) < 4.78 is 5.72. The van der Waals surface area contributed by atoms with Crippen molar-refractivity contribution >= 4 is 11.6 Å². The van der Waals surface area contributed by atoms with Gasteiger partial charge in [0.25, 0.3) is 5.91 Å². The van der Waals surface area contributed by atoms with E-state index in [1.807, 2.05) is 12.1 Å². The van der Waals surface area contributed by atoms with E-state index in [9.17, 15) is 4.79 Å². The normalized spacial score (nSPS) is 17.7. The molecule has 0 aliphatic carbocycles. The lowest BCUT2D eigenvalue weighted by Crippen LogP contribution is -3.16. The van der Waals surface area contributed by atoms with Crippen LogP contribution in [0.25, 0.3) is 0 Å². The van der Waals surface area contributed by atoms with Crippen molar-refractivity contribution in [2.24, 2.45) is 0 Å². The van der Waals surface area contributed by atoms with Crippen LogP contribution in [-0.4, -0.2) is 31.1 Å². The molecule has 0 spiro atoms. The fraction of sp³-hybridized carbons (Fsp3) is 0.632. The van der Waals surface area contributed by atoms with Gasteiger partial charge in [-0.25, -0.2) is 0 Å². The topological polar surface area (TPSA) is 42.8 Å². The van der Waals surface area contributed by atoms with E-state index in [1.165, 1.54) is 10.5 Å². The van der Waals surface area contributed by atoms with Crippen LogP contribution >= 0.6 is 0 Å². The second-order valence-corrected chi connectivity index (χ2v) is 6.50. The zero-order valence-corrected chi connectivity index (χ0v) is 14.9. The number of carbonyl (C=O) groups excluding carboxylic acids is 1. The molecule has 0 unspecified atom stereocenters. The first-order valence-corrected chi connectivity index (χ1v) is 9.04. The number of carbonyl (C=O) groups is 1. The Morgan fingerprint density at radius 3 is 2.74 bits per heavy atom. The molecule has 1 aromatic carbocycles. The first-order valence-electron chi connectivity index (χ1n) is 9.04. The fourth-order valence-corrected chi connectivity index (χ4v) is 3.40. The van der Waals surface area contributed by atoms with Gasteiger partial charge in [0.05, 0.1) is 13.1 Å². The molecule has 1 aliphatic rings. The van der Waals surface area contributed by atoms with E-state index in [0.717, 1.165) is 50.2 Å². The number of rotatable bonds is 8. The van der Waals surface area contributed by atoms with Crippen LogP contribution in [-0.2, 0) is 11.2 Å². The molecule has 0 aromatic heterocycles. The minimum atomic E-state index is 0.0355. The summed E-state index contributed by atoms with van der Waals surface area (Å²) in [6.45, 7) is 10.5. The highest BCUT2D eigenvalue weighted by Gasteiger charge is 2.27. The highest BCUT2D eigenvalue weighted by molar-refractivity contribution is 5.94. The van der Waals surface area contributed by atoms with Crippen molar-refractivity contribution in [3.05, 3.63) is 23.8 Å². The molecule has 1 amide bonds. The van der Waals surface area contributed by atoms with Crippen molar-refractivity contribution < 1.29 is 14.4 Å². The number of ether oxygens (including phenoxy) is 1. The number of hydrogen-bond donors (Lipinski definition) is 2. The smallest absolute Gasteiger partial charge is 0.282 e. The maximum absolute atomic E-state index is 12.8. The average molecular weight is 319 g/mol. The molecule has 4 heteroatoms. The number of quaternary nitrogens is 1. The third-order valence-electron chi connectivity index (χ3n) is 4.73. The SMILES string of the molecule is CCCC[C@H](C(=O)Nc1ccc2c(c1)C[C@H](C)O2)[NH+](CC)CC. The van der Waals surface area contributed by atoms with Gasteiger partial charge in [-0.3, -0.25) is 4.79 Å². The Morgan fingerprint density at radius 1 is 1.35 bits per heavy atom. The van der Waals surface area contributed by atoms with Crippen molar-refractivity contribution in [3.8, 4) is 5.75 Å². The summed E-state index contributed by atoms with van der Waals surface area (Å²) in [5.41, 5.74) is 2.08. The number of fused-ring (bicyclic) bond motifs is 1. The van der Waals surface area contributed by atoms with E-state index in [2.05, 4.69) is 39.1 Å². The van der Waals surface area contributed by atoms with E-state index < -0.39 is 0 Å². The quantitative estimate of drug-likeness (QED) is 0.773. The van der Waals surface area contributed by atoms with Crippen molar-refractivity contribution in [1.82, 2.24) is 0 Å². The van der Waals surface area contributed by atoms with Gasteiger partial charge in [0.15, 0.2) is 6.04 Å². The zero-order valence-electron chi connectivity index (χ0n) is 14.9. The minimum absolute atomic E-state index is 0.0355. The van der Waals surface area contributed by atoms with Gasteiger partial charge in [-0.2, -0.15) is 0 Å². The number of hydrogen-bond acceptors (Lipinski definition) is 2. The molecule has 1 aromatic rings. The van der Waals surface area contributed by atoms with Gasteiger partial charge in [-0.05, 0) is 51.0 Å². The molecular formula is C19H31N2O2+. The van der Waals surface area contributed by atoms with Gasteiger partial charge in [-0.1, -0.05) is 13.3 Å². The summed E-state index contributed by atoms with van der Waals surface area (Å²) in [5, 5.41) is 3.13. The van der Waals surface area contributed by atoms with E-state index in [0.29, 0.717) is 0 Å². The molecule has 2 N–H and O–H groups in total. The number of likely N-dealkylation sites (N-methyl/N-ethyl adjacent to an activating group) is 1. The van der Waals surface area contributed by atoms with Crippen LogP contribution < -0.4 is 15.0 Å². The maximum Gasteiger partial charge on any atom is 0.282 e. The predicted molar refractivity (Wildman–Crippen MR) is 94.2 cm³/mol. The molecule has 4 nitrogen and oxygen atoms in total. The number of unbranched alkanes of at least 4 members (excludes halogenated alkanes) is 1. The van der Waals surface area contributed by atoms with Crippen LogP contribution in [0.5, 0.6) is 5.75 Å². The number of nitrogens with one attached hydrogen (secondary N) is 2. The van der Waals surface area contributed by atoms with Crippen LogP contribution in [0.15, 0.2) is 18.2 Å². The molecule has 0 fully saturated rings. The van der Waals surface area contributed by atoms with Crippen molar-refractivity contribution in [2.75, 3.05) is 18.4 Å². The number of amides is 1. The zero-order chi connectivity index (χ0) is 16.8. The monoisotopic (exact) mass is 319 g/mol. The van der Waals surface area contributed by atoms with Gasteiger partial charge >= 0.3 is 0 Å². The van der Waals surface area contributed by atoms with Crippen molar-refractivity contribution in [1.29, 1.82) is 0 Å². The molecule has 2 atom stereocenters. The molecule has 23 heavy (non-hydrogen) atoms. The summed E-state index contributed by atoms with van der Waals surface area (Å²) in [6, 6.07) is 6.02. The Labute approximate surface area is 140 Å². The Balaban J connectivity index is 2.07.